The maximum Gasteiger partial charge on any atom is 0.508 e. The average Bonchev–Trinajstić information content (AvgIpc) is 3.16. The molecule has 0 spiro atoms. The molecular weight excluding hydrogens is 660 g/mol. The normalized spacial score (nSPS) is 16.8. The van der Waals surface area contributed by atoms with Gasteiger partial charge in [0.2, 0.25) is 5.91 Å². The number of hydrogen-bond acceptors (Lipinski definition) is 8. The first-order valence-corrected chi connectivity index (χ1v) is 17.6. The summed E-state index contributed by atoms with van der Waals surface area (Å²) in [6, 6.07) is 35.3. The molecule has 0 aromatic heterocycles. The molecule has 0 aliphatic carbocycles. The molecule has 0 N–H and O–H groups in total. The molecule has 10 heteroatoms. The quantitative estimate of drug-likeness (QED) is 0.0255. The molecule has 10 nitrogen and oxygen atoms in total. The van der Waals surface area contributed by atoms with Crippen molar-refractivity contribution in [3.8, 4) is 0 Å². The van der Waals surface area contributed by atoms with Crippen LogP contribution in [0.25, 0.3) is 0 Å². The number of benzene rings is 4. The van der Waals surface area contributed by atoms with Gasteiger partial charge in [0.25, 0.3) is 5.69 Å². The minimum Gasteiger partial charge on any atom is -0.430 e. The van der Waals surface area contributed by atoms with Crippen LogP contribution in [0.2, 0.25) is 0 Å². The zero-order chi connectivity index (χ0) is 37.1. The molecule has 52 heavy (non-hydrogen) atoms. The van der Waals surface area contributed by atoms with E-state index in [0.29, 0.717) is 18.1 Å². The molecule has 4 aromatic rings. The second kappa shape index (κ2) is 17.7. The van der Waals surface area contributed by atoms with E-state index < -0.39 is 40.8 Å². The molecule has 5 rings (SSSR count). The van der Waals surface area contributed by atoms with Crippen LogP contribution in [0, 0.1) is 22.0 Å². The SMILES string of the molecule is C=CCN1C(=O)C([C@@H](C)OC(=O)OCc2ccc([N+](=O)[O-])cc2)C1[C@H](COC(c1ccccc1)(c1ccccc1)c1ccccc1)OCCC(C)C. The molecule has 0 bridgehead atoms. The Morgan fingerprint density at radius 1 is 0.885 bits per heavy atom. The van der Waals surface area contributed by atoms with E-state index in [2.05, 4.69) is 20.4 Å². The summed E-state index contributed by atoms with van der Waals surface area (Å²) in [4.78, 5) is 38.7. The van der Waals surface area contributed by atoms with Crippen LogP contribution in [0.15, 0.2) is 128 Å². The molecule has 4 aromatic carbocycles. The van der Waals surface area contributed by atoms with Gasteiger partial charge in [0.15, 0.2) is 0 Å². The van der Waals surface area contributed by atoms with Crippen molar-refractivity contribution in [1.29, 1.82) is 0 Å². The predicted molar refractivity (Wildman–Crippen MR) is 197 cm³/mol. The minimum atomic E-state index is -1.01. The van der Waals surface area contributed by atoms with Gasteiger partial charge >= 0.3 is 6.16 Å². The van der Waals surface area contributed by atoms with Crippen molar-refractivity contribution < 1.29 is 33.5 Å². The number of β-lactam (4-membered cyclic amide) rings is 1. The Kier molecular flexibility index (Phi) is 12.9. The lowest BCUT2D eigenvalue weighted by Crippen LogP contribution is -2.69. The standard InChI is InChI=1S/C42H46N2O8/c1-5-26-43-39(38(40(43)45)31(4)52-41(46)50-28-32-21-23-36(24-22-32)44(47)48)37(49-27-25-30(2)3)29-51-42(33-15-9-6-10-16-33,34-17-11-7-12-18-34)35-19-13-8-14-20-35/h5-24,30-31,37-39H,1,25-29H2,2-4H3/t31-,37+,38?,39?/m1/s1. The van der Waals surface area contributed by atoms with Crippen molar-refractivity contribution >= 4 is 17.7 Å². The second-order valence-electron chi connectivity index (χ2n) is 13.3. The lowest BCUT2D eigenvalue weighted by molar-refractivity contribution is -0.384. The van der Waals surface area contributed by atoms with E-state index in [4.69, 9.17) is 18.9 Å². The first-order valence-electron chi connectivity index (χ1n) is 17.6. The summed E-state index contributed by atoms with van der Waals surface area (Å²) in [5.74, 6) is -0.549. The number of nitro groups is 1. The Hall–Kier alpha value is -5.32. The highest BCUT2D eigenvalue weighted by molar-refractivity contribution is 5.87. The minimum absolute atomic E-state index is 0.0683. The van der Waals surface area contributed by atoms with Gasteiger partial charge in [-0.1, -0.05) is 111 Å². The second-order valence-corrected chi connectivity index (χ2v) is 13.3. The number of ether oxygens (including phenoxy) is 4. The first-order chi connectivity index (χ1) is 25.1. The fraction of sp³-hybridized carbons (Fsp3) is 0.333. The lowest BCUT2D eigenvalue weighted by Gasteiger charge is -2.52. The summed E-state index contributed by atoms with van der Waals surface area (Å²) >= 11 is 0. The molecule has 1 heterocycles. The molecular formula is C42H46N2O8. The summed E-state index contributed by atoms with van der Waals surface area (Å²) in [6.45, 7) is 10.5. The Bertz CT molecular complexity index is 1670. The molecule has 1 aliphatic heterocycles. The molecule has 1 aliphatic rings. The zero-order valence-corrected chi connectivity index (χ0v) is 29.8. The van der Waals surface area contributed by atoms with Gasteiger partial charge in [-0.25, -0.2) is 4.79 Å². The van der Waals surface area contributed by atoms with E-state index in [-0.39, 0.29) is 31.4 Å². The highest BCUT2D eigenvalue weighted by Crippen LogP contribution is 2.42. The zero-order valence-electron chi connectivity index (χ0n) is 29.8. The van der Waals surface area contributed by atoms with E-state index in [9.17, 15) is 19.7 Å². The highest BCUT2D eigenvalue weighted by atomic mass is 16.7. The Morgan fingerprint density at radius 3 is 1.90 bits per heavy atom. The molecule has 272 valence electrons. The number of non-ortho nitro benzene ring substituents is 1. The number of amides is 1. The molecule has 2 unspecified atom stereocenters. The van der Waals surface area contributed by atoms with Crippen molar-refractivity contribution in [3.05, 3.63) is 160 Å². The Morgan fingerprint density at radius 2 is 1.42 bits per heavy atom. The fourth-order valence-corrected chi connectivity index (χ4v) is 6.65. The third-order valence-corrected chi connectivity index (χ3v) is 9.33. The van der Waals surface area contributed by atoms with Crippen LogP contribution < -0.4 is 0 Å². The number of nitrogens with zero attached hydrogens (tertiary/aromatic N) is 2. The van der Waals surface area contributed by atoms with E-state index in [1.165, 1.54) is 24.3 Å². The predicted octanol–water partition coefficient (Wildman–Crippen LogP) is 8.09. The molecule has 0 radical (unpaired) electrons. The van der Waals surface area contributed by atoms with Gasteiger partial charge in [-0.15, -0.1) is 6.58 Å². The number of hydrogen-bond donors (Lipinski definition) is 0. The van der Waals surface area contributed by atoms with Crippen molar-refractivity contribution in [1.82, 2.24) is 4.90 Å². The average molecular weight is 707 g/mol. The van der Waals surface area contributed by atoms with Crippen LogP contribution in [0.4, 0.5) is 10.5 Å². The van der Waals surface area contributed by atoms with Crippen LogP contribution in [0.5, 0.6) is 0 Å². The summed E-state index contributed by atoms with van der Waals surface area (Å²) in [5, 5.41) is 11.0. The number of carbonyl (C=O) groups excluding carboxylic acids is 2. The van der Waals surface area contributed by atoms with E-state index in [1.54, 1.807) is 17.9 Å². The van der Waals surface area contributed by atoms with E-state index in [1.807, 2.05) is 91.0 Å². The van der Waals surface area contributed by atoms with Gasteiger partial charge in [0, 0.05) is 25.3 Å². The van der Waals surface area contributed by atoms with Gasteiger partial charge < -0.3 is 23.8 Å². The third kappa shape index (κ3) is 8.75. The fourth-order valence-electron chi connectivity index (χ4n) is 6.65. The van der Waals surface area contributed by atoms with Gasteiger partial charge in [-0.3, -0.25) is 14.9 Å². The highest BCUT2D eigenvalue weighted by Gasteiger charge is 2.55. The number of rotatable bonds is 18. The van der Waals surface area contributed by atoms with Crippen LogP contribution in [-0.2, 0) is 35.9 Å². The van der Waals surface area contributed by atoms with Crippen LogP contribution >= 0.6 is 0 Å². The topological polar surface area (TPSA) is 117 Å². The van der Waals surface area contributed by atoms with Crippen LogP contribution in [-0.4, -0.2) is 59.9 Å². The molecule has 0 saturated carbocycles. The van der Waals surface area contributed by atoms with Gasteiger partial charge in [0.1, 0.15) is 24.4 Å². The van der Waals surface area contributed by atoms with Crippen LogP contribution in [0.1, 0.15) is 49.4 Å². The van der Waals surface area contributed by atoms with Gasteiger partial charge in [-0.05, 0) is 53.6 Å². The van der Waals surface area contributed by atoms with Crippen LogP contribution in [0.3, 0.4) is 0 Å². The first kappa shape index (κ1) is 37.9. The molecule has 4 atom stereocenters. The van der Waals surface area contributed by atoms with Crippen molar-refractivity contribution in [2.24, 2.45) is 11.8 Å². The summed E-state index contributed by atoms with van der Waals surface area (Å²) in [7, 11) is 0. The maximum atomic E-state index is 13.7. The molecule has 1 fully saturated rings. The monoisotopic (exact) mass is 706 g/mol. The van der Waals surface area contributed by atoms with Crippen molar-refractivity contribution in [2.75, 3.05) is 19.8 Å². The molecule has 1 saturated heterocycles. The van der Waals surface area contributed by atoms with Gasteiger partial charge in [-0.2, -0.15) is 0 Å². The smallest absolute Gasteiger partial charge is 0.430 e. The third-order valence-electron chi connectivity index (χ3n) is 9.33. The number of likely N-dealkylation sites (tertiary alicyclic amines) is 1. The molecule has 1 amide bonds. The van der Waals surface area contributed by atoms with E-state index >= 15 is 0 Å². The van der Waals surface area contributed by atoms with Gasteiger partial charge in [0.05, 0.1) is 23.5 Å². The lowest BCUT2D eigenvalue weighted by atomic mass is 9.78. The van der Waals surface area contributed by atoms with Crippen molar-refractivity contribution in [2.45, 2.75) is 57.6 Å². The number of nitro benzene ring substituents is 1. The summed E-state index contributed by atoms with van der Waals surface area (Å²) in [6.07, 6.45) is 0.0508. The largest absolute Gasteiger partial charge is 0.508 e. The summed E-state index contributed by atoms with van der Waals surface area (Å²) in [5.41, 5.74) is 2.28. The Balaban J connectivity index is 1.43. The Labute approximate surface area is 305 Å². The maximum absolute atomic E-state index is 13.7. The number of carbonyl (C=O) groups is 2. The van der Waals surface area contributed by atoms with Crippen molar-refractivity contribution in [3.63, 3.8) is 0 Å². The van der Waals surface area contributed by atoms with E-state index in [0.717, 1.165) is 23.1 Å². The summed E-state index contributed by atoms with van der Waals surface area (Å²) < 4.78 is 24.8.